The average Bonchev–Trinajstić information content (AvgIpc) is 2.84. The normalized spacial score (nSPS) is 11.9. The van der Waals surface area contributed by atoms with E-state index in [0.717, 1.165) is 16.5 Å². The van der Waals surface area contributed by atoms with Crippen LogP contribution in [0.4, 0.5) is 0 Å². The highest BCUT2D eigenvalue weighted by atomic mass is 16.4. The van der Waals surface area contributed by atoms with Crippen molar-refractivity contribution in [3.8, 4) is 0 Å². The first-order valence-corrected chi connectivity index (χ1v) is 5.65. The molecule has 0 radical (unpaired) electrons. The van der Waals surface area contributed by atoms with Crippen LogP contribution in [0.1, 0.15) is 11.3 Å². The van der Waals surface area contributed by atoms with Gasteiger partial charge in [-0.25, -0.2) is 0 Å². The molecule has 3 nitrogen and oxygen atoms in total. The molecule has 3 heteroatoms. The zero-order valence-electron chi connectivity index (χ0n) is 9.58. The number of hydrogen-bond donors (Lipinski definition) is 1. The molecule has 1 aromatic heterocycles. The molecule has 0 spiro atoms. The van der Waals surface area contributed by atoms with Crippen molar-refractivity contribution in [2.75, 3.05) is 0 Å². The number of hydrogen-bond acceptors (Lipinski definition) is 3. The summed E-state index contributed by atoms with van der Waals surface area (Å²) in [5.41, 5.74) is 2.04. The van der Waals surface area contributed by atoms with Crippen molar-refractivity contribution >= 4 is 16.7 Å². The fourth-order valence-electron chi connectivity index (χ4n) is 1.94. The monoisotopic (exact) mass is 237 g/mol. The third-order valence-electron chi connectivity index (χ3n) is 2.81. The van der Waals surface area contributed by atoms with Crippen molar-refractivity contribution in [1.82, 2.24) is 0 Å². The van der Waals surface area contributed by atoms with E-state index >= 15 is 0 Å². The van der Waals surface area contributed by atoms with E-state index in [1.54, 1.807) is 0 Å². The summed E-state index contributed by atoms with van der Waals surface area (Å²) in [5, 5.41) is 13.5. The maximum Gasteiger partial charge on any atom is 0.157 e. The minimum atomic E-state index is 0.437. The topological polar surface area (TPSA) is 45.7 Å². The van der Waals surface area contributed by atoms with Crippen LogP contribution in [-0.4, -0.2) is 10.9 Å². The Morgan fingerprint density at radius 1 is 0.944 bits per heavy atom. The number of furan rings is 1. The quantitative estimate of drug-likeness (QED) is 0.420. The molecular formula is C15H11NO2. The van der Waals surface area contributed by atoms with E-state index in [4.69, 9.17) is 4.42 Å². The molecule has 3 rings (SSSR count). The summed E-state index contributed by atoms with van der Waals surface area (Å²) in [4.78, 5) is 0. The molecular weight excluding hydrogens is 226 g/mol. The molecule has 0 aliphatic rings. The largest absolute Gasteiger partial charge is 0.454 e. The van der Waals surface area contributed by atoms with Crippen molar-refractivity contribution < 1.29 is 9.62 Å². The van der Waals surface area contributed by atoms with Crippen LogP contribution in [0.15, 0.2) is 70.2 Å². The fraction of sp³-hybridized carbons (Fsp3) is 0. The molecule has 0 aliphatic carbocycles. The number of oxime groups is 1. The van der Waals surface area contributed by atoms with Crippen LogP contribution >= 0.6 is 0 Å². The fourth-order valence-corrected chi connectivity index (χ4v) is 1.94. The van der Waals surface area contributed by atoms with Gasteiger partial charge in [0.2, 0.25) is 0 Å². The molecule has 88 valence electrons. The first-order valence-electron chi connectivity index (χ1n) is 5.65. The first kappa shape index (κ1) is 10.6. The van der Waals surface area contributed by atoms with Crippen LogP contribution in [-0.2, 0) is 0 Å². The zero-order chi connectivity index (χ0) is 12.4. The third-order valence-corrected chi connectivity index (χ3v) is 2.81. The van der Waals surface area contributed by atoms with Gasteiger partial charge < -0.3 is 9.62 Å². The smallest absolute Gasteiger partial charge is 0.157 e. The van der Waals surface area contributed by atoms with E-state index in [1.165, 1.54) is 0 Å². The predicted octanol–water partition coefficient (Wildman–Crippen LogP) is 3.66. The Kier molecular flexibility index (Phi) is 2.57. The Labute approximate surface area is 104 Å². The maximum absolute atomic E-state index is 9.19. The van der Waals surface area contributed by atoms with Gasteiger partial charge in [-0.15, -0.1) is 0 Å². The molecule has 3 aromatic rings. The number of benzene rings is 2. The Morgan fingerprint density at radius 2 is 1.67 bits per heavy atom. The van der Waals surface area contributed by atoms with Crippen molar-refractivity contribution in [3.63, 3.8) is 0 Å². The van der Waals surface area contributed by atoms with Crippen molar-refractivity contribution in [3.05, 3.63) is 72.0 Å². The van der Waals surface area contributed by atoms with Crippen LogP contribution < -0.4 is 0 Å². The Hall–Kier alpha value is -2.55. The Morgan fingerprint density at radius 3 is 2.39 bits per heavy atom. The summed E-state index contributed by atoms with van der Waals surface area (Å²) in [7, 11) is 0. The van der Waals surface area contributed by atoms with Crippen molar-refractivity contribution in [2.24, 2.45) is 5.16 Å². The summed E-state index contributed by atoms with van der Waals surface area (Å²) in [5.74, 6) is 0.560. The summed E-state index contributed by atoms with van der Waals surface area (Å²) < 4.78 is 5.68. The summed E-state index contributed by atoms with van der Waals surface area (Å²) >= 11 is 0. The summed E-state index contributed by atoms with van der Waals surface area (Å²) in [6.45, 7) is 0. The second-order valence-electron chi connectivity index (χ2n) is 3.96. The molecule has 0 saturated heterocycles. The molecule has 0 fully saturated rings. The van der Waals surface area contributed by atoms with E-state index in [-0.39, 0.29) is 0 Å². The van der Waals surface area contributed by atoms with Crippen molar-refractivity contribution in [1.29, 1.82) is 0 Å². The molecule has 0 bridgehead atoms. The van der Waals surface area contributed by atoms with E-state index < -0.39 is 0 Å². The lowest BCUT2D eigenvalue weighted by Crippen LogP contribution is -2.01. The van der Waals surface area contributed by atoms with Crippen LogP contribution in [0, 0.1) is 0 Å². The predicted molar refractivity (Wildman–Crippen MR) is 70.1 cm³/mol. The number of para-hydroxylation sites is 1. The van der Waals surface area contributed by atoms with Crippen LogP contribution in [0.3, 0.4) is 0 Å². The van der Waals surface area contributed by atoms with Gasteiger partial charge in [-0.2, -0.15) is 0 Å². The van der Waals surface area contributed by atoms with Gasteiger partial charge in [0, 0.05) is 10.9 Å². The number of rotatable bonds is 2. The molecule has 18 heavy (non-hydrogen) atoms. The van der Waals surface area contributed by atoms with Gasteiger partial charge in [0.15, 0.2) is 11.5 Å². The van der Waals surface area contributed by atoms with Gasteiger partial charge in [-0.05, 0) is 12.1 Å². The zero-order valence-corrected chi connectivity index (χ0v) is 9.58. The molecule has 0 atom stereocenters. The third kappa shape index (κ3) is 1.76. The standard InChI is InChI=1S/C15H11NO2/c17-16-15(11-6-2-1-3-7-11)14-10-12-8-4-5-9-13(12)18-14/h1-10,17H/b16-15-. The molecule has 0 saturated carbocycles. The SMILES string of the molecule is O/N=C(/c1ccccc1)c1cc2ccccc2o1. The first-order chi connectivity index (χ1) is 8.88. The van der Waals surface area contributed by atoms with Gasteiger partial charge in [-0.3, -0.25) is 0 Å². The van der Waals surface area contributed by atoms with Gasteiger partial charge in [0.25, 0.3) is 0 Å². The lowest BCUT2D eigenvalue weighted by molar-refractivity contribution is 0.318. The van der Waals surface area contributed by atoms with E-state index in [1.807, 2.05) is 60.7 Å². The average molecular weight is 237 g/mol. The second kappa shape index (κ2) is 4.37. The van der Waals surface area contributed by atoms with E-state index in [2.05, 4.69) is 5.16 Å². The highest BCUT2D eigenvalue weighted by Crippen LogP contribution is 2.21. The van der Waals surface area contributed by atoms with Gasteiger partial charge in [-0.1, -0.05) is 53.7 Å². The lowest BCUT2D eigenvalue weighted by atomic mass is 10.1. The lowest BCUT2D eigenvalue weighted by Gasteiger charge is -1.99. The van der Waals surface area contributed by atoms with E-state index in [9.17, 15) is 5.21 Å². The van der Waals surface area contributed by atoms with Crippen LogP contribution in [0.2, 0.25) is 0 Å². The highest BCUT2D eigenvalue weighted by Gasteiger charge is 2.12. The summed E-state index contributed by atoms with van der Waals surface area (Å²) in [6, 6.07) is 19.0. The Balaban J connectivity index is 2.13. The number of nitrogens with zero attached hydrogens (tertiary/aromatic N) is 1. The maximum atomic E-state index is 9.19. The van der Waals surface area contributed by atoms with Gasteiger partial charge in [0.05, 0.1) is 0 Å². The minimum Gasteiger partial charge on any atom is -0.454 e. The molecule has 0 unspecified atom stereocenters. The summed E-state index contributed by atoms with van der Waals surface area (Å²) in [6.07, 6.45) is 0. The minimum absolute atomic E-state index is 0.437. The molecule has 1 heterocycles. The second-order valence-corrected chi connectivity index (χ2v) is 3.96. The van der Waals surface area contributed by atoms with Crippen LogP contribution in [0.5, 0.6) is 0 Å². The molecule has 0 aliphatic heterocycles. The molecule has 2 aromatic carbocycles. The van der Waals surface area contributed by atoms with E-state index in [0.29, 0.717) is 11.5 Å². The Bertz CT molecular complexity index is 666. The molecule has 0 amide bonds. The van der Waals surface area contributed by atoms with Gasteiger partial charge in [0.1, 0.15) is 5.58 Å². The van der Waals surface area contributed by atoms with Gasteiger partial charge >= 0.3 is 0 Å². The number of fused-ring (bicyclic) bond motifs is 1. The molecule has 1 N–H and O–H groups in total. The van der Waals surface area contributed by atoms with Crippen LogP contribution in [0.25, 0.3) is 11.0 Å². The highest BCUT2D eigenvalue weighted by molar-refractivity contribution is 6.12. The van der Waals surface area contributed by atoms with Crippen molar-refractivity contribution in [2.45, 2.75) is 0 Å².